The van der Waals surface area contributed by atoms with Gasteiger partial charge in [-0.2, -0.15) is 0 Å². The third-order valence-electron chi connectivity index (χ3n) is 4.66. The number of hydrogen-bond donors (Lipinski definition) is 2. The van der Waals surface area contributed by atoms with Crippen molar-refractivity contribution in [2.45, 2.75) is 25.5 Å². The van der Waals surface area contributed by atoms with Crippen LogP contribution in [0.25, 0.3) is 11.4 Å². The van der Waals surface area contributed by atoms with Crippen molar-refractivity contribution in [3.63, 3.8) is 0 Å². The van der Waals surface area contributed by atoms with Gasteiger partial charge >= 0.3 is 5.97 Å². The minimum atomic E-state index is -1.23. The molecule has 1 fully saturated rings. The van der Waals surface area contributed by atoms with Crippen LogP contribution in [0.3, 0.4) is 0 Å². The van der Waals surface area contributed by atoms with Gasteiger partial charge in [0.2, 0.25) is 0 Å². The van der Waals surface area contributed by atoms with E-state index >= 15 is 0 Å². The minimum Gasteiger partial charge on any atom is -0.494 e. The molecule has 1 unspecified atom stereocenters. The van der Waals surface area contributed by atoms with Crippen LogP contribution in [-0.2, 0) is 4.74 Å². The molecule has 11 heteroatoms. The molecule has 4 rings (SSSR count). The summed E-state index contributed by atoms with van der Waals surface area (Å²) in [6.45, 7) is 0.705. The Balaban J connectivity index is 1.68. The Bertz CT molecular complexity index is 1070. The molecule has 1 aromatic carbocycles. The SMILES string of the molecule is COc1c(Nc2cc(Cl)nnc2C(=O)O)cccc1-c1ncn(C2CCCCO2)n1. The van der Waals surface area contributed by atoms with Gasteiger partial charge in [0.15, 0.2) is 28.6 Å². The fraction of sp³-hybridized carbons (Fsp3) is 0.316. The summed E-state index contributed by atoms with van der Waals surface area (Å²) in [6.07, 6.45) is 4.52. The van der Waals surface area contributed by atoms with Crippen LogP contribution in [0.15, 0.2) is 30.6 Å². The number of para-hydroxylation sites is 1. The number of benzene rings is 1. The predicted octanol–water partition coefficient (Wildman–Crippen LogP) is 3.54. The second kappa shape index (κ2) is 8.64. The standard InChI is InChI=1S/C19H19ClN6O4/c1-29-17-11(18-21-10-26(25-18)15-7-2-3-8-30-15)5-4-6-12(17)22-13-9-14(20)23-24-16(13)19(27)28/h4-6,9-10,15H,2-3,7-8H2,1H3,(H,22,23)(H,27,28). The van der Waals surface area contributed by atoms with E-state index in [1.54, 1.807) is 23.1 Å². The van der Waals surface area contributed by atoms with E-state index in [1.807, 2.05) is 6.07 Å². The number of nitrogens with zero attached hydrogens (tertiary/aromatic N) is 5. The van der Waals surface area contributed by atoms with Crippen molar-refractivity contribution in [3.05, 3.63) is 41.4 Å². The largest absolute Gasteiger partial charge is 0.494 e. The number of carbonyl (C=O) groups is 1. The summed E-state index contributed by atoms with van der Waals surface area (Å²) >= 11 is 5.89. The summed E-state index contributed by atoms with van der Waals surface area (Å²) in [7, 11) is 1.52. The highest BCUT2D eigenvalue weighted by molar-refractivity contribution is 6.29. The summed E-state index contributed by atoms with van der Waals surface area (Å²) in [5, 5.41) is 24.2. The van der Waals surface area contributed by atoms with Crippen LogP contribution in [0.2, 0.25) is 5.15 Å². The smallest absolute Gasteiger partial charge is 0.358 e. The zero-order valence-electron chi connectivity index (χ0n) is 16.1. The highest BCUT2D eigenvalue weighted by Gasteiger charge is 2.21. The van der Waals surface area contributed by atoms with Gasteiger partial charge in [0.25, 0.3) is 0 Å². The average molecular weight is 431 g/mol. The number of halogens is 1. The highest BCUT2D eigenvalue weighted by Crippen LogP contribution is 2.37. The normalized spacial score (nSPS) is 16.3. The number of methoxy groups -OCH3 is 1. The van der Waals surface area contributed by atoms with Gasteiger partial charge < -0.3 is 19.9 Å². The first-order valence-corrected chi connectivity index (χ1v) is 9.68. The van der Waals surface area contributed by atoms with Crippen LogP contribution < -0.4 is 10.1 Å². The van der Waals surface area contributed by atoms with Crippen LogP contribution in [0.4, 0.5) is 11.4 Å². The number of nitrogens with one attached hydrogen (secondary N) is 1. The fourth-order valence-corrected chi connectivity index (χ4v) is 3.41. The maximum absolute atomic E-state index is 11.5. The first-order valence-electron chi connectivity index (χ1n) is 9.30. The summed E-state index contributed by atoms with van der Waals surface area (Å²) in [6, 6.07) is 6.73. The Morgan fingerprint density at radius 2 is 2.20 bits per heavy atom. The second-order valence-electron chi connectivity index (χ2n) is 6.62. The first kappa shape index (κ1) is 20.0. The molecule has 3 heterocycles. The fourth-order valence-electron chi connectivity index (χ4n) is 3.27. The molecule has 0 radical (unpaired) electrons. The molecule has 30 heavy (non-hydrogen) atoms. The summed E-state index contributed by atoms with van der Waals surface area (Å²) < 4.78 is 13.1. The lowest BCUT2D eigenvalue weighted by Crippen LogP contribution is -2.18. The third-order valence-corrected chi connectivity index (χ3v) is 4.84. The van der Waals surface area contributed by atoms with Crippen molar-refractivity contribution in [2.24, 2.45) is 0 Å². The van der Waals surface area contributed by atoms with Gasteiger partial charge in [-0.1, -0.05) is 17.7 Å². The molecule has 1 aliphatic rings. The van der Waals surface area contributed by atoms with Gasteiger partial charge in [-0.25, -0.2) is 14.5 Å². The first-order chi connectivity index (χ1) is 14.6. The number of aromatic nitrogens is 5. The van der Waals surface area contributed by atoms with Crippen LogP contribution in [-0.4, -0.2) is 49.8 Å². The lowest BCUT2D eigenvalue weighted by Gasteiger charge is -2.22. The molecule has 0 amide bonds. The number of hydrogen-bond acceptors (Lipinski definition) is 8. The molecule has 0 aliphatic carbocycles. The van der Waals surface area contributed by atoms with Crippen molar-refractivity contribution >= 4 is 28.9 Å². The van der Waals surface area contributed by atoms with Crippen LogP contribution in [0.1, 0.15) is 36.0 Å². The number of carboxylic acids is 1. The van der Waals surface area contributed by atoms with E-state index in [1.165, 1.54) is 13.2 Å². The molecular weight excluding hydrogens is 412 g/mol. The third kappa shape index (κ3) is 4.05. The maximum Gasteiger partial charge on any atom is 0.358 e. The van der Waals surface area contributed by atoms with E-state index in [2.05, 4.69) is 25.6 Å². The Labute approximate surface area is 176 Å². The number of carboxylic acid groups (broad SMARTS) is 1. The molecule has 0 spiro atoms. The van der Waals surface area contributed by atoms with E-state index in [-0.39, 0.29) is 22.8 Å². The van der Waals surface area contributed by atoms with E-state index in [0.717, 1.165) is 19.3 Å². The van der Waals surface area contributed by atoms with E-state index in [4.69, 9.17) is 21.1 Å². The van der Waals surface area contributed by atoms with Crippen molar-refractivity contribution in [1.82, 2.24) is 25.0 Å². The molecule has 1 saturated heterocycles. The molecule has 3 aromatic rings. The lowest BCUT2D eigenvalue weighted by atomic mass is 10.1. The van der Waals surface area contributed by atoms with Gasteiger partial charge in [0.05, 0.1) is 24.0 Å². The molecule has 1 atom stereocenters. The molecule has 10 nitrogen and oxygen atoms in total. The summed E-state index contributed by atoms with van der Waals surface area (Å²) in [5.41, 5.74) is 1.07. The van der Waals surface area contributed by atoms with E-state index in [0.29, 0.717) is 29.4 Å². The highest BCUT2D eigenvalue weighted by atomic mass is 35.5. The molecule has 2 N–H and O–H groups in total. The van der Waals surface area contributed by atoms with Crippen LogP contribution in [0, 0.1) is 0 Å². The van der Waals surface area contributed by atoms with Gasteiger partial charge in [-0.15, -0.1) is 15.3 Å². The number of aromatic carboxylic acids is 1. The number of rotatable bonds is 6. The zero-order chi connectivity index (χ0) is 21.1. The summed E-state index contributed by atoms with van der Waals surface area (Å²) in [5.74, 6) is -0.317. The topological polar surface area (TPSA) is 124 Å². The number of ether oxygens (including phenoxy) is 2. The van der Waals surface area contributed by atoms with E-state index in [9.17, 15) is 9.90 Å². The van der Waals surface area contributed by atoms with Gasteiger partial charge in [0, 0.05) is 12.7 Å². The van der Waals surface area contributed by atoms with Crippen molar-refractivity contribution in [3.8, 4) is 17.1 Å². The Kier molecular flexibility index (Phi) is 5.77. The lowest BCUT2D eigenvalue weighted by molar-refractivity contribution is -0.0395. The monoisotopic (exact) mass is 430 g/mol. The quantitative estimate of drug-likeness (QED) is 0.603. The second-order valence-corrected chi connectivity index (χ2v) is 7.00. The van der Waals surface area contributed by atoms with Crippen molar-refractivity contribution in [2.75, 3.05) is 19.0 Å². The minimum absolute atomic E-state index is 0.0607. The predicted molar refractivity (Wildman–Crippen MR) is 108 cm³/mol. The Morgan fingerprint density at radius 3 is 2.93 bits per heavy atom. The summed E-state index contributed by atoms with van der Waals surface area (Å²) in [4.78, 5) is 15.9. The van der Waals surface area contributed by atoms with Crippen LogP contribution >= 0.6 is 11.6 Å². The molecule has 0 bridgehead atoms. The van der Waals surface area contributed by atoms with Gasteiger partial charge in [-0.3, -0.25) is 0 Å². The van der Waals surface area contributed by atoms with Crippen LogP contribution in [0.5, 0.6) is 5.75 Å². The molecule has 2 aromatic heterocycles. The average Bonchev–Trinajstić information content (AvgIpc) is 3.24. The maximum atomic E-state index is 11.5. The number of anilines is 2. The zero-order valence-corrected chi connectivity index (χ0v) is 16.8. The molecular formula is C19H19ClN6O4. The molecule has 0 saturated carbocycles. The van der Waals surface area contributed by atoms with Gasteiger partial charge in [0.1, 0.15) is 6.33 Å². The Morgan fingerprint density at radius 1 is 1.33 bits per heavy atom. The molecule has 156 valence electrons. The van der Waals surface area contributed by atoms with E-state index < -0.39 is 5.97 Å². The Hall–Kier alpha value is -3.24. The molecule has 1 aliphatic heterocycles. The van der Waals surface area contributed by atoms with Crippen molar-refractivity contribution in [1.29, 1.82) is 0 Å². The van der Waals surface area contributed by atoms with Crippen molar-refractivity contribution < 1.29 is 19.4 Å². The van der Waals surface area contributed by atoms with Gasteiger partial charge in [-0.05, 0) is 31.4 Å².